The Labute approximate surface area is 98.5 Å². The lowest BCUT2D eigenvalue weighted by atomic mass is 10.1. The number of aliphatic hydroxyl groups excluding tert-OH is 2. The molecule has 86 valence electrons. The minimum atomic E-state index is -0.0567. The van der Waals surface area contributed by atoms with Crippen molar-refractivity contribution in [3.8, 4) is 0 Å². The Kier molecular flexibility index (Phi) is 2.35. The van der Waals surface area contributed by atoms with Crippen molar-refractivity contribution in [1.82, 2.24) is 4.57 Å². The molecule has 0 unspecified atom stereocenters. The Morgan fingerprint density at radius 2 is 1.65 bits per heavy atom. The molecule has 3 nitrogen and oxygen atoms in total. The van der Waals surface area contributed by atoms with E-state index in [0.717, 1.165) is 27.4 Å². The Morgan fingerprint density at radius 1 is 0.882 bits per heavy atom. The Hall–Kier alpha value is -1.84. The molecule has 17 heavy (non-hydrogen) atoms. The van der Waals surface area contributed by atoms with E-state index in [1.54, 1.807) is 0 Å². The number of benzene rings is 2. The molecule has 0 aliphatic rings. The first-order valence-electron chi connectivity index (χ1n) is 5.56. The van der Waals surface area contributed by atoms with Crippen LogP contribution in [0.1, 0.15) is 5.56 Å². The monoisotopic (exact) mass is 227 g/mol. The van der Waals surface area contributed by atoms with Gasteiger partial charge < -0.3 is 14.8 Å². The van der Waals surface area contributed by atoms with E-state index in [0.29, 0.717) is 0 Å². The van der Waals surface area contributed by atoms with Crippen LogP contribution >= 0.6 is 0 Å². The van der Waals surface area contributed by atoms with E-state index in [1.165, 1.54) is 0 Å². The second-order valence-electron chi connectivity index (χ2n) is 4.10. The van der Waals surface area contributed by atoms with Crippen molar-refractivity contribution < 1.29 is 10.2 Å². The summed E-state index contributed by atoms with van der Waals surface area (Å²) in [4.78, 5) is 0. The maximum atomic E-state index is 9.49. The second kappa shape index (κ2) is 3.87. The summed E-state index contributed by atoms with van der Waals surface area (Å²) in [5, 5.41) is 20.9. The molecule has 3 aromatic rings. The normalized spacial score (nSPS) is 11.4. The number of aromatic nitrogens is 1. The Bertz CT molecular complexity index is 685. The summed E-state index contributed by atoms with van der Waals surface area (Å²) in [6.07, 6.45) is 0. The maximum absolute atomic E-state index is 9.49. The van der Waals surface area contributed by atoms with Gasteiger partial charge in [-0.2, -0.15) is 0 Å². The van der Waals surface area contributed by atoms with Crippen molar-refractivity contribution in [2.45, 2.75) is 13.3 Å². The molecule has 3 heteroatoms. The van der Waals surface area contributed by atoms with Gasteiger partial charge in [0.15, 0.2) is 0 Å². The van der Waals surface area contributed by atoms with Crippen LogP contribution in [0, 0.1) is 0 Å². The lowest BCUT2D eigenvalue weighted by Crippen LogP contribution is -1.96. The lowest BCUT2D eigenvalue weighted by molar-refractivity contribution is 0.220. The van der Waals surface area contributed by atoms with Crippen LogP contribution in [0.4, 0.5) is 0 Å². The van der Waals surface area contributed by atoms with E-state index in [2.05, 4.69) is 0 Å². The first-order valence-corrected chi connectivity index (χ1v) is 5.56. The molecule has 2 aromatic carbocycles. The molecule has 0 fully saturated rings. The van der Waals surface area contributed by atoms with Crippen molar-refractivity contribution >= 4 is 21.8 Å². The van der Waals surface area contributed by atoms with Crippen molar-refractivity contribution in [3.05, 3.63) is 48.0 Å². The highest BCUT2D eigenvalue weighted by Gasteiger charge is 2.09. The van der Waals surface area contributed by atoms with Crippen molar-refractivity contribution in [1.29, 1.82) is 0 Å². The summed E-state index contributed by atoms with van der Waals surface area (Å²) < 4.78 is 1.85. The molecule has 2 N–H and O–H groups in total. The fourth-order valence-corrected chi connectivity index (χ4v) is 2.35. The largest absolute Gasteiger partial charge is 0.392 e. The maximum Gasteiger partial charge on any atom is 0.120 e. The number of aliphatic hydroxyl groups is 2. The molecule has 0 radical (unpaired) electrons. The summed E-state index contributed by atoms with van der Waals surface area (Å²) in [6.45, 7) is -0.0399. The molecular formula is C14H13NO2. The third-order valence-electron chi connectivity index (χ3n) is 3.16. The molecule has 0 bridgehead atoms. The third-order valence-corrected chi connectivity index (χ3v) is 3.16. The third kappa shape index (κ3) is 1.44. The van der Waals surface area contributed by atoms with E-state index >= 15 is 0 Å². The molecule has 3 rings (SSSR count). The first-order chi connectivity index (χ1) is 8.35. The summed E-state index contributed by atoms with van der Waals surface area (Å²) in [7, 11) is 0. The number of hydrogen-bond donors (Lipinski definition) is 2. The summed E-state index contributed by atoms with van der Waals surface area (Å²) in [5.74, 6) is 0. The van der Waals surface area contributed by atoms with Crippen LogP contribution in [0.2, 0.25) is 0 Å². The predicted octanol–water partition coefficient (Wildman–Crippen LogP) is 2.24. The van der Waals surface area contributed by atoms with Gasteiger partial charge in [-0.25, -0.2) is 0 Å². The molecule has 0 saturated carbocycles. The minimum Gasteiger partial charge on any atom is -0.392 e. The molecular weight excluding hydrogens is 214 g/mol. The molecule has 0 spiro atoms. The van der Waals surface area contributed by atoms with Gasteiger partial charge in [0.1, 0.15) is 6.73 Å². The van der Waals surface area contributed by atoms with Crippen LogP contribution in [-0.2, 0) is 13.3 Å². The lowest BCUT2D eigenvalue weighted by Gasteiger charge is -2.02. The average molecular weight is 227 g/mol. The van der Waals surface area contributed by atoms with Gasteiger partial charge in [0.05, 0.1) is 17.6 Å². The van der Waals surface area contributed by atoms with Gasteiger partial charge in [-0.3, -0.25) is 0 Å². The van der Waals surface area contributed by atoms with Crippen molar-refractivity contribution in [3.63, 3.8) is 0 Å². The van der Waals surface area contributed by atoms with Gasteiger partial charge in [0.25, 0.3) is 0 Å². The molecule has 0 aliphatic heterocycles. The SMILES string of the molecule is OCc1ccc2c3ccccc3n(CO)c2c1. The number of fused-ring (bicyclic) bond motifs is 3. The number of nitrogens with zero attached hydrogens (tertiary/aromatic N) is 1. The molecule has 0 atom stereocenters. The van der Waals surface area contributed by atoms with E-state index in [9.17, 15) is 5.11 Å². The molecule has 1 heterocycles. The Morgan fingerprint density at radius 3 is 2.41 bits per heavy atom. The summed E-state index contributed by atoms with van der Waals surface area (Å²) in [5.41, 5.74) is 2.83. The van der Waals surface area contributed by atoms with E-state index in [1.807, 2.05) is 47.0 Å². The molecule has 1 aromatic heterocycles. The van der Waals surface area contributed by atoms with Crippen molar-refractivity contribution in [2.24, 2.45) is 0 Å². The fourth-order valence-electron chi connectivity index (χ4n) is 2.35. The van der Waals surface area contributed by atoms with Gasteiger partial charge in [0, 0.05) is 10.8 Å². The van der Waals surface area contributed by atoms with Crippen LogP contribution in [0.5, 0.6) is 0 Å². The number of rotatable bonds is 2. The van der Waals surface area contributed by atoms with Gasteiger partial charge in [-0.15, -0.1) is 0 Å². The average Bonchev–Trinajstić information content (AvgIpc) is 2.71. The van der Waals surface area contributed by atoms with Crippen LogP contribution in [0.15, 0.2) is 42.5 Å². The van der Waals surface area contributed by atoms with Gasteiger partial charge >= 0.3 is 0 Å². The summed E-state index contributed by atoms with van der Waals surface area (Å²) >= 11 is 0. The summed E-state index contributed by atoms with van der Waals surface area (Å²) in [6, 6.07) is 13.8. The zero-order valence-corrected chi connectivity index (χ0v) is 9.30. The standard InChI is InChI=1S/C14H13NO2/c16-8-10-5-6-12-11-3-1-2-4-13(11)15(9-17)14(12)7-10/h1-7,16-17H,8-9H2. The molecule has 0 saturated heterocycles. The van der Waals surface area contributed by atoms with Crippen LogP contribution in [0.3, 0.4) is 0 Å². The van der Waals surface area contributed by atoms with Crippen molar-refractivity contribution in [2.75, 3.05) is 0 Å². The second-order valence-corrected chi connectivity index (χ2v) is 4.10. The van der Waals surface area contributed by atoms with Crippen LogP contribution in [-0.4, -0.2) is 14.8 Å². The highest BCUT2D eigenvalue weighted by molar-refractivity contribution is 6.08. The number of hydrogen-bond acceptors (Lipinski definition) is 2. The van der Waals surface area contributed by atoms with Gasteiger partial charge in [0.2, 0.25) is 0 Å². The van der Waals surface area contributed by atoms with E-state index in [-0.39, 0.29) is 13.3 Å². The van der Waals surface area contributed by atoms with Crippen LogP contribution < -0.4 is 0 Å². The predicted molar refractivity (Wildman–Crippen MR) is 67.6 cm³/mol. The zero-order valence-electron chi connectivity index (χ0n) is 9.30. The topological polar surface area (TPSA) is 45.4 Å². The minimum absolute atomic E-state index is 0.0168. The highest BCUT2D eigenvalue weighted by atomic mass is 16.3. The quantitative estimate of drug-likeness (QED) is 0.705. The van der Waals surface area contributed by atoms with E-state index < -0.39 is 0 Å². The number of para-hydroxylation sites is 1. The smallest absolute Gasteiger partial charge is 0.120 e. The Balaban J connectivity index is 2.49. The van der Waals surface area contributed by atoms with Gasteiger partial charge in [-0.1, -0.05) is 30.3 Å². The van der Waals surface area contributed by atoms with Crippen LogP contribution in [0.25, 0.3) is 21.8 Å². The first kappa shape index (κ1) is 10.3. The zero-order chi connectivity index (χ0) is 11.8. The van der Waals surface area contributed by atoms with Gasteiger partial charge in [-0.05, 0) is 17.7 Å². The molecule has 0 aliphatic carbocycles. The molecule has 0 amide bonds. The highest BCUT2D eigenvalue weighted by Crippen LogP contribution is 2.29. The van der Waals surface area contributed by atoms with E-state index in [4.69, 9.17) is 5.11 Å². The fraction of sp³-hybridized carbons (Fsp3) is 0.143.